The summed E-state index contributed by atoms with van der Waals surface area (Å²) in [6.45, 7) is 0.234. The van der Waals surface area contributed by atoms with E-state index in [9.17, 15) is 9.59 Å². The van der Waals surface area contributed by atoms with Gasteiger partial charge in [0.25, 0.3) is 0 Å². The van der Waals surface area contributed by atoms with E-state index in [0.717, 1.165) is 10.5 Å². The second-order valence-electron chi connectivity index (χ2n) is 3.63. The summed E-state index contributed by atoms with van der Waals surface area (Å²) in [5, 5.41) is 11.5. The number of aliphatic hydroxyl groups excluding tert-OH is 1. The summed E-state index contributed by atoms with van der Waals surface area (Å²) in [5.41, 5.74) is 0.877. The van der Waals surface area contributed by atoms with Crippen molar-refractivity contribution in [1.82, 2.24) is 10.2 Å². The topological polar surface area (TPSA) is 69.6 Å². The summed E-state index contributed by atoms with van der Waals surface area (Å²) < 4.78 is 0. The van der Waals surface area contributed by atoms with Crippen molar-refractivity contribution >= 4 is 11.9 Å². The summed E-state index contributed by atoms with van der Waals surface area (Å²) in [6.07, 6.45) is -1.13. The number of carbonyl (C=O) groups is 2. The van der Waals surface area contributed by atoms with Crippen LogP contribution in [0.25, 0.3) is 0 Å². The van der Waals surface area contributed by atoms with Crippen LogP contribution in [0.3, 0.4) is 0 Å². The van der Waals surface area contributed by atoms with Crippen LogP contribution in [0.5, 0.6) is 0 Å². The minimum Gasteiger partial charge on any atom is -0.373 e. The van der Waals surface area contributed by atoms with Crippen LogP contribution in [-0.2, 0) is 11.3 Å². The molecule has 1 aliphatic heterocycles. The predicted octanol–water partition coefficient (Wildman–Crippen LogP) is 0.447. The maximum absolute atomic E-state index is 11.5. The zero-order chi connectivity index (χ0) is 11.5. The largest absolute Gasteiger partial charge is 0.373 e. The normalized spacial score (nSPS) is 20.8. The Hall–Kier alpha value is -1.88. The third-order valence-electron chi connectivity index (χ3n) is 2.39. The minimum atomic E-state index is -1.06. The number of hydrogen-bond donors (Lipinski definition) is 2. The van der Waals surface area contributed by atoms with Gasteiger partial charge in [0.05, 0.1) is 13.0 Å². The van der Waals surface area contributed by atoms with E-state index >= 15 is 0 Å². The maximum Gasteiger partial charge on any atom is 0.326 e. The average Bonchev–Trinajstić information content (AvgIpc) is 2.25. The molecule has 2 rings (SSSR count). The summed E-state index contributed by atoms with van der Waals surface area (Å²) in [7, 11) is 0. The van der Waals surface area contributed by atoms with Gasteiger partial charge >= 0.3 is 6.03 Å². The number of carbonyl (C=O) groups excluding carboxylic acids is 2. The number of nitrogens with zero attached hydrogens (tertiary/aromatic N) is 1. The quantitative estimate of drug-likeness (QED) is 0.760. The lowest BCUT2D eigenvalue weighted by molar-refractivity contribution is -0.133. The minimum absolute atomic E-state index is 0.0709. The van der Waals surface area contributed by atoms with E-state index < -0.39 is 12.3 Å². The van der Waals surface area contributed by atoms with Crippen LogP contribution in [0.4, 0.5) is 4.79 Å². The molecule has 5 heteroatoms. The van der Waals surface area contributed by atoms with Crippen molar-refractivity contribution in [2.75, 3.05) is 0 Å². The van der Waals surface area contributed by atoms with Crippen LogP contribution in [0, 0.1) is 0 Å². The molecule has 1 atom stereocenters. The zero-order valence-corrected chi connectivity index (χ0v) is 8.59. The summed E-state index contributed by atoms with van der Waals surface area (Å²) in [4.78, 5) is 24.1. The van der Waals surface area contributed by atoms with Gasteiger partial charge in [0.15, 0.2) is 0 Å². The molecular weight excluding hydrogens is 208 g/mol. The molecule has 5 nitrogen and oxygen atoms in total. The van der Waals surface area contributed by atoms with Crippen LogP contribution < -0.4 is 5.32 Å². The van der Waals surface area contributed by atoms with Crippen LogP contribution in [0.1, 0.15) is 12.0 Å². The SMILES string of the molecule is O=C1CC(O)NC(=O)N1Cc1ccccc1. The molecule has 0 aromatic heterocycles. The van der Waals surface area contributed by atoms with Gasteiger partial charge in [-0.1, -0.05) is 30.3 Å². The second kappa shape index (κ2) is 4.32. The van der Waals surface area contributed by atoms with Crippen molar-refractivity contribution < 1.29 is 14.7 Å². The Balaban J connectivity index is 2.10. The van der Waals surface area contributed by atoms with Gasteiger partial charge in [-0.2, -0.15) is 0 Å². The fourth-order valence-corrected chi connectivity index (χ4v) is 1.59. The molecule has 0 saturated carbocycles. The highest BCUT2D eigenvalue weighted by atomic mass is 16.3. The Morgan fingerprint density at radius 2 is 2.00 bits per heavy atom. The maximum atomic E-state index is 11.5. The lowest BCUT2D eigenvalue weighted by Gasteiger charge is -2.28. The number of urea groups is 1. The molecule has 1 unspecified atom stereocenters. The van der Waals surface area contributed by atoms with Gasteiger partial charge in [-0.15, -0.1) is 0 Å². The first-order valence-corrected chi connectivity index (χ1v) is 4.99. The molecule has 0 radical (unpaired) electrons. The van der Waals surface area contributed by atoms with Gasteiger partial charge < -0.3 is 10.4 Å². The molecule has 1 fully saturated rings. The molecule has 84 valence electrons. The molecule has 2 N–H and O–H groups in total. The molecule has 1 saturated heterocycles. The van der Waals surface area contributed by atoms with E-state index in [-0.39, 0.29) is 18.9 Å². The summed E-state index contributed by atoms with van der Waals surface area (Å²) in [6, 6.07) is 8.68. The van der Waals surface area contributed by atoms with Crippen LogP contribution in [0.2, 0.25) is 0 Å². The number of rotatable bonds is 2. The van der Waals surface area contributed by atoms with Crippen molar-refractivity contribution in [2.24, 2.45) is 0 Å². The van der Waals surface area contributed by atoms with Crippen molar-refractivity contribution in [1.29, 1.82) is 0 Å². The predicted molar refractivity (Wildman–Crippen MR) is 56.1 cm³/mol. The molecule has 1 aromatic carbocycles. The van der Waals surface area contributed by atoms with Crippen LogP contribution in [0.15, 0.2) is 30.3 Å². The van der Waals surface area contributed by atoms with Gasteiger partial charge in [-0.3, -0.25) is 9.69 Å². The van der Waals surface area contributed by atoms with Crippen molar-refractivity contribution in [2.45, 2.75) is 19.2 Å². The first-order valence-electron chi connectivity index (χ1n) is 4.99. The highest BCUT2D eigenvalue weighted by molar-refractivity contribution is 5.96. The van der Waals surface area contributed by atoms with Crippen LogP contribution in [-0.4, -0.2) is 28.2 Å². The Labute approximate surface area is 92.7 Å². The zero-order valence-electron chi connectivity index (χ0n) is 8.59. The standard InChI is InChI=1S/C11H12N2O3/c14-9-6-10(15)13(11(16)12-9)7-8-4-2-1-3-5-8/h1-5,9,14H,6-7H2,(H,12,16). The van der Waals surface area contributed by atoms with Gasteiger partial charge in [0, 0.05) is 0 Å². The molecule has 1 aromatic rings. The molecule has 0 spiro atoms. The second-order valence-corrected chi connectivity index (χ2v) is 3.63. The Kier molecular flexibility index (Phi) is 2.87. The third-order valence-corrected chi connectivity index (χ3v) is 2.39. The highest BCUT2D eigenvalue weighted by Crippen LogP contribution is 2.11. The van der Waals surface area contributed by atoms with Crippen molar-refractivity contribution in [3.8, 4) is 0 Å². The van der Waals surface area contributed by atoms with Crippen LogP contribution >= 0.6 is 0 Å². The Bertz CT molecular complexity index is 387. The monoisotopic (exact) mass is 220 g/mol. The number of amides is 3. The summed E-state index contributed by atoms with van der Waals surface area (Å²) in [5.74, 6) is -0.361. The molecule has 16 heavy (non-hydrogen) atoms. The highest BCUT2D eigenvalue weighted by Gasteiger charge is 2.30. The van der Waals surface area contributed by atoms with Gasteiger partial charge in [0.1, 0.15) is 6.23 Å². The molecule has 0 aliphatic carbocycles. The molecule has 0 bridgehead atoms. The van der Waals surface area contributed by atoms with Gasteiger partial charge in [0.2, 0.25) is 5.91 Å². The van der Waals surface area contributed by atoms with E-state index in [1.165, 1.54) is 0 Å². The average molecular weight is 220 g/mol. The Morgan fingerprint density at radius 1 is 1.31 bits per heavy atom. The van der Waals surface area contributed by atoms with Gasteiger partial charge in [-0.25, -0.2) is 4.79 Å². The first-order chi connectivity index (χ1) is 7.66. The first kappa shape index (κ1) is 10.6. The third kappa shape index (κ3) is 2.20. The summed E-state index contributed by atoms with van der Waals surface area (Å²) >= 11 is 0. The van der Waals surface area contributed by atoms with E-state index in [1.54, 1.807) is 0 Å². The fraction of sp³-hybridized carbons (Fsp3) is 0.273. The number of hydrogen-bond acceptors (Lipinski definition) is 3. The van der Waals surface area contributed by atoms with E-state index in [1.807, 2.05) is 30.3 Å². The van der Waals surface area contributed by atoms with Gasteiger partial charge in [-0.05, 0) is 5.56 Å². The van der Waals surface area contributed by atoms with E-state index in [2.05, 4.69) is 5.32 Å². The number of imide groups is 1. The number of benzene rings is 1. The van der Waals surface area contributed by atoms with E-state index in [0.29, 0.717) is 0 Å². The van der Waals surface area contributed by atoms with E-state index in [4.69, 9.17) is 5.11 Å². The molecular formula is C11H12N2O3. The molecule has 3 amide bonds. The lowest BCUT2D eigenvalue weighted by atomic mass is 10.2. The number of nitrogens with one attached hydrogen (secondary N) is 1. The van der Waals surface area contributed by atoms with Crippen molar-refractivity contribution in [3.63, 3.8) is 0 Å². The molecule has 1 aliphatic rings. The molecule has 1 heterocycles. The van der Waals surface area contributed by atoms with Crippen molar-refractivity contribution in [3.05, 3.63) is 35.9 Å². The smallest absolute Gasteiger partial charge is 0.326 e. The fourth-order valence-electron chi connectivity index (χ4n) is 1.59. The Morgan fingerprint density at radius 3 is 2.62 bits per heavy atom. The number of aliphatic hydroxyl groups is 1. The lowest BCUT2D eigenvalue weighted by Crippen LogP contribution is -2.54.